The fraction of sp³-hybridized carbons (Fsp3) is 0. The van der Waals surface area contributed by atoms with Crippen LogP contribution in [0.4, 0.5) is 4.39 Å². The fourth-order valence-corrected chi connectivity index (χ4v) is 3.04. The van der Waals surface area contributed by atoms with E-state index in [0.717, 1.165) is 16.2 Å². The minimum atomic E-state index is -0.346. The van der Waals surface area contributed by atoms with Crippen molar-refractivity contribution in [2.75, 3.05) is 0 Å². The Kier molecular flexibility index (Phi) is 2.82. The molecule has 2 aromatic heterocycles. The van der Waals surface area contributed by atoms with Crippen molar-refractivity contribution in [2.24, 2.45) is 0 Å². The Morgan fingerprint density at radius 1 is 1.00 bits per heavy atom. The number of para-hydroxylation sites is 3. The van der Waals surface area contributed by atoms with Crippen molar-refractivity contribution in [3.8, 4) is 0 Å². The molecule has 0 radical (unpaired) electrons. The van der Waals surface area contributed by atoms with E-state index in [1.165, 1.54) is 24.2 Å². The van der Waals surface area contributed by atoms with Crippen LogP contribution in [0, 0.1) is 5.82 Å². The molecule has 0 aliphatic rings. The van der Waals surface area contributed by atoms with E-state index in [1.807, 2.05) is 30.3 Å². The average Bonchev–Trinajstić information content (AvgIpc) is 2.90. The Morgan fingerprint density at radius 2 is 1.90 bits per heavy atom. The van der Waals surface area contributed by atoms with E-state index in [-0.39, 0.29) is 5.82 Å². The zero-order chi connectivity index (χ0) is 14.2. The molecular weight excluding hydrogens is 287 g/mol. The van der Waals surface area contributed by atoms with Gasteiger partial charge in [0.05, 0.1) is 11.0 Å². The van der Waals surface area contributed by atoms with Crippen molar-refractivity contribution >= 4 is 33.7 Å². The molecule has 2 aromatic carbocycles. The highest BCUT2D eigenvalue weighted by atomic mass is 32.2. The second-order valence-corrected chi connectivity index (χ2v) is 5.45. The number of nitrogens with zero attached hydrogens (tertiary/aromatic N) is 3. The van der Waals surface area contributed by atoms with Crippen LogP contribution in [0.1, 0.15) is 0 Å². The first-order valence-electron chi connectivity index (χ1n) is 6.33. The number of nitrogens with one attached hydrogen (secondary N) is 1. The van der Waals surface area contributed by atoms with Gasteiger partial charge in [0.25, 0.3) is 0 Å². The lowest BCUT2D eigenvalue weighted by atomic mass is 10.2. The summed E-state index contributed by atoms with van der Waals surface area (Å²) in [5.41, 5.74) is 2.18. The Labute approximate surface area is 123 Å². The minimum absolute atomic E-state index is 0.325. The van der Waals surface area contributed by atoms with Crippen LogP contribution in [0.5, 0.6) is 0 Å². The number of hydrogen-bond donors (Lipinski definition) is 1. The molecule has 0 unspecified atom stereocenters. The molecule has 0 saturated carbocycles. The molecule has 0 atom stereocenters. The highest BCUT2D eigenvalue weighted by Crippen LogP contribution is 2.31. The molecule has 1 N–H and O–H groups in total. The molecule has 0 aliphatic carbocycles. The predicted octanol–water partition coefficient (Wildman–Crippen LogP) is 3.80. The van der Waals surface area contributed by atoms with Gasteiger partial charge in [-0.1, -0.05) is 18.2 Å². The highest BCUT2D eigenvalue weighted by Gasteiger charge is 2.11. The van der Waals surface area contributed by atoms with Gasteiger partial charge in [-0.15, -0.1) is 0 Å². The fourth-order valence-electron chi connectivity index (χ4n) is 2.18. The first-order chi connectivity index (χ1) is 10.3. The average molecular weight is 296 g/mol. The van der Waals surface area contributed by atoms with Gasteiger partial charge in [0, 0.05) is 5.39 Å². The Hall–Kier alpha value is -2.47. The molecule has 0 saturated heterocycles. The van der Waals surface area contributed by atoms with Crippen molar-refractivity contribution in [2.45, 2.75) is 10.2 Å². The Bertz CT molecular complexity index is 918. The zero-order valence-electron chi connectivity index (χ0n) is 10.7. The number of aromatic nitrogens is 4. The monoisotopic (exact) mass is 296 g/mol. The van der Waals surface area contributed by atoms with Gasteiger partial charge in [0.15, 0.2) is 5.16 Å². The predicted molar refractivity (Wildman–Crippen MR) is 79.7 cm³/mol. The summed E-state index contributed by atoms with van der Waals surface area (Å²) in [7, 11) is 0. The molecule has 6 heteroatoms. The van der Waals surface area contributed by atoms with Gasteiger partial charge < -0.3 is 4.98 Å². The maximum atomic E-state index is 13.7. The van der Waals surface area contributed by atoms with E-state index in [0.29, 0.717) is 15.9 Å². The molecular formula is C15H9FN4S. The molecule has 4 nitrogen and oxygen atoms in total. The number of aromatic amines is 1. The number of hydrogen-bond acceptors (Lipinski definition) is 4. The smallest absolute Gasteiger partial charge is 0.172 e. The lowest BCUT2D eigenvalue weighted by molar-refractivity contribution is 0.636. The van der Waals surface area contributed by atoms with Crippen LogP contribution >= 0.6 is 11.8 Å². The summed E-state index contributed by atoms with van der Waals surface area (Å²) in [6.45, 7) is 0. The van der Waals surface area contributed by atoms with Crippen LogP contribution < -0.4 is 0 Å². The third-order valence-corrected chi connectivity index (χ3v) is 4.05. The van der Waals surface area contributed by atoms with Crippen LogP contribution in [0.15, 0.2) is 59.0 Å². The van der Waals surface area contributed by atoms with Gasteiger partial charge in [0.2, 0.25) is 0 Å². The zero-order valence-corrected chi connectivity index (χ0v) is 11.6. The van der Waals surface area contributed by atoms with E-state index >= 15 is 0 Å². The van der Waals surface area contributed by atoms with Crippen LogP contribution in [0.3, 0.4) is 0 Å². The molecule has 0 bridgehead atoms. The summed E-state index contributed by atoms with van der Waals surface area (Å²) in [6, 6.07) is 12.6. The van der Waals surface area contributed by atoms with Crippen LogP contribution in [-0.4, -0.2) is 19.9 Å². The summed E-state index contributed by atoms with van der Waals surface area (Å²) in [6.07, 6.45) is 1.37. The molecule has 0 fully saturated rings. The summed E-state index contributed by atoms with van der Waals surface area (Å²) >= 11 is 1.37. The van der Waals surface area contributed by atoms with Crippen molar-refractivity contribution in [3.05, 3.63) is 54.6 Å². The molecule has 4 rings (SSSR count). The first-order valence-corrected chi connectivity index (χ1v) is 7.15. The van der Waals surface area contributed by atoms with Crippen molar-refractivity contribution in [1.82, 2.24) is 19.9 Å². The van der Waals surface area contributed by atoms with E-state index in [9.17, 15) is 4.39 Å². The van der Waals surface area contributed by atoms with Crippen molar-refractivity contribution in [3.63, 3.8) is 0 Å². The maximum Gasteiger partial charge on any atom is 0.172 e. The number of benzene rings is 2. The van der Waals surface area contributed by atoms with Gasteiger partial charge in [-0.3, -0.25) is 0 Å². The third-order valence-electron chi connectivity index (χ3n) is 3.14. The lowest BCUT2D eigenvalue weighted by Crippen LogP contribution is -1.90. The van der Waals surface area contributed by atoms with Gasteiger partial charge in [-0.2, -0.15) is 0 Å². The summed E-state index contributed by atoms with van der Waals surface area (Å²) in [4.78, 5) is 15.9. The van der Waals surface area contributed by atoms with Crippen LogP contribution in [0.25, 0.3) is 21.9 Å². The number of fused-ring (bicyclic) bond motifs is 2. The quantitative estimate of drug-likeness (QED) is 0.572. The number of halogens is 1. The van der Waals surface area contributed by atoms with Gasteiger partial charge in [0.1, 0.15) is 22.7 Å². The summed E-state index contributed by atoms with van der Waals surface area (Å²) in [5.74, 6) is -0.346. The van der Waals surface area contributed by atoms with Crippen molar-refractivity contribution in [1.29, 1.82) is 0 Å². The number of rotatable bonds is 2. The van der Waals surface area contributed by atoms with Gasteiger partial charge in [-0.05, 0) is 36.0 Å². The second-order valence-electron chi connectivity index (χ2n) is 4.48. The first kappa shape index (κ1) is 12.3. The summed E-state index contributed by atoms with van der Waals surface area (Å²) in [5, 5.41) is 2.09. The summed E-state index contributed by atoms with van der Waals surface area (Å²) < 4.78 is 13.7. The number of imidazole rings is 1. The van der Waals surface area contributed by atoms with Gasteiger partial charge >= 0.3 is 0 Å². The Morgan fingerprint density at radius 3 is 2.81 bits per heavy atom. The Balaban J connectivity index is 1.82. The van der Waals surface area contributed by atoms with Crippen molar-refractivity contribution < 1.29 is 4.39 Å². The standard InChI is InChI=1S/C15H9FN4S/c16-10-5-3-4-9-13(10)17-8-18-14(9)21-15-19-11-6-1-2-7-12(11)20-15/h1-8H,(H,19,20). The van der Waals surface area contributed by atoms with E-state index in [2.05, 4.69) is 19.9 Å². The SMILES string of the molecule is Fc1cccc2c(Sc3nc4ccccc4[nH]3)ncnc12. The molecule has 0 amide bonds. The normalized spacial score (nSPS) is 11.3. The third kappa shape index (κ3) is 2.13. The molecule has 21 heavy (non-hydrogen) atoms. The largest absolute Gasteiger partial charge is 0.333 e. The topological polar surface area (TPSA) is 54.5 Å². The number of H-pyrrole nitrogens is 1. The highest BCUT2D eigenvalue weighted by molar-refractivity contribution is 7.99. The van der Waals surface area contributed by atoms with E-state index in [4.69, 9.17) is 0 Å². The second kappa shape index (κ2) is 4.82. The maximum absolute atomic E-state index is 13.7. The molecule has 0 aliphatic heterocycles. The lowest BCUT2D eigenvalue weighted by Gasteiger charge is -2.02. The molecule has 4 aromatic rings. The minimum Gasteiger partial charge on any atom is -0.333 e. The van der Waals surface area contributed by atoms with E-state index in [1.54, 1.807) is 6.07 Å². The van der Waals surface area contributed by atoms with Gasteiger partial charge in [-0.25, -0.2) is 19.3 Å². The molecule has 2 heterocycles. The van der Waals surface area contributed by atoms with E-state index < -0.39 is 0 Å². The molecule has 0 spiro atoms. The van der Waals surface area contributed by atoms with Crippen LogP contribution in [0.2, 0.25) is 0 Å². The van der Waals surface area contributed by atoms with Crippen LogP contribution in [-0.2, 0) is 0 Å². The molecule has 102 valence electrons.